The molecule has 244 valence electrons. The van der Waals surface area contributed by atoms with Crippen molar-refractivity contribution in [2.45, 2.75) is 62.3 Å². The molecular weight excluding hydrogens is 658 g/mol. The molecule has 1 N–H and O–H groups in total. The third-order valence-electron chi connectivity index (χ3n) is 7.86. The Labute approximate surface area is 286 Å². The minimum Gasteiger partial charge on any atom is -0.507 e. The van der Waals surface area contributed by atoms with Crippen LogP contribution in [0.25, 0.3) is 5.76 Å². The summed E-state index contributed by atoms with van der Waals surface area (Å²) in [6.07, 6.45) is 2.53. The Morgan fingerprint density at radius 2 is 1.91 bits per heavy atom. The van der Waals surface area contributed by atoms with Crippen LogP contribution >= 0.6 is 34.7 Å². The maximum atomic E-state index is 13.8. The fourth-order valence-electron chi connectivity index (χ4n) is 5.59. The van der Waals surface area contributed by atoms with E-state index in [2.05, 4.69) is 17.1 Å². The number of rotatable bonds is 12. The number of unbranched alkanes of at least 4 members (excludes halogenated alkanes) is 1. The van der Waals surface area contributed by atoms with E-state index >= 15 is 0 Å². The summed E-state index contributed by atoms with van der Waals surface area (Å²) in [5, 5.41) is 21.3. The van der Waals surface area contributed by atoms with Gasteiger partial charge in [-0.15, -0.1) is 10.2 Å². The zero-order valence-corrected chi connectivity index (χ0v) is 28.6. The molecule has 4 aromatic rings. The van der Waals surface area contributed by atoms with Gasteiger partial charge >= 0.3 is 5.91 Å². The molecule has 6 rings (SSSR count). The van der Waals surface area contributed by atoms with Crippen molar-refractivity contribution in [1.82, 2.24) is 10.2 Å². The van der Waals surface area contributed by atoms with Gasteiger partial charge in [-0.2, -0.15) is 0 Å². The minimum absolute atomic E-state index is 0.00501. The molecule has 0 radical (unpaired) electrons. The number of amides is 1. The molecule has 3 heterocycles. The molecule has 0 spiro atoms. The monoisotopic (exact) mass is 691 g/mol. The average Bonchev–Trinajstić information content (AvgIpc) is 3.76. The molecule has 1 fully saturated rings. The van der Waals surface area contributed by atoms with E-state index in [1.165, 1.54) is 28.0 Å². The number of anilines is 1. The van der Waals surface area contributed by atoms with Crippen LogP contribution in [-0.2, 0) is 21.8 Å². The van der Waals surface area contributed by atoms with E-state index < -0.39 is 17.7 Å². The zero-order chi connectivity index (χ0) is 33.1. The molecule has 2 aliphatic rings. The summed E-state index contributed by atoms with van der Waals surface area (Å²) in [4.78, 5) is 29.0. The van der Waals surface area contributed by atoms with Crippen molar-refractivity contribution in [3.05, 3.63) is 93.5 Å². The summed E-state index contributed by atoms with van der Waals surface area (Å²) >= 11 is 8.97. The van der Waals surface area contributed by atoms with Gasteiger partial charge in [0.25, 0.3) is 5.78 Å². The SMILES string of the molecule is CCCCOc1ccc([C@@H]2C(=C(O)c3ccc4c(c3)C[C@@H](C)O4)C(=O)C(=O)N2c2nnc(SCc3ccccc3Cl)s2)cc1OCC. The molecular formula is C35H34ClN3O6S2. The van der Waals surface area contributed by atoms with Gasteiger partial charge in [0.15, 0.2) is 15.8 Å². The Morgan fingerprint density at radius 3 is 2.70 bits per heavy atom. The number of benzene rings is 3. The van der Waals surface area contributed by atoms with Crippen molar-refractivity contribution in [3.8, 4) is 17.2 Å². The second kappa shape index (κ2) is 14.4. The van der Waals surface area contributed by atoms with Crippen LogP contribution in [0.4, 0.5) is 5.13 Å². The molecule has 12 heteroatoms. The van der Waals surface area contributed by atoms with E-state index in [1.807, 2.05) is 44.2 Å². The fraction of sp³-hybridized carbons (Fsp3) is 0.314. The van der Waals surface area contributed by atoms with Crippen LogP contribution in [0.3, 0.4) is 0 Å². The number of aromatic nitrogens is 2. The number of halogens is 1. The van der Waals surface area contributed by atoms with Gasteiger partial charge in [-0.3, -0.25) is 14.5 Å². The smallest absolute Gasteiger partial charge is 0.301 e. The maximum absolute atomic E-state index is 13.8. The number of fused-ring (bicyclic) bond motifs is 1. The molecule has 0 unspecified atom stereocenters. The lowest BCUT2D eigenvalue weighted by Crippen LogP contribution is -2.29. The van der Waals surface area contributed by atoms with Crippen LogP contribution in [0.15, 0.2) is 70.6 Å². The predicted molar refractivity (Wildman–Crippen MR) is 184 cm³/mol. The van der Waals surface area contributed by atoms with Gasteiger partial charge in [-0.25, -0.2) is 0 Å². The second-order valence-electron chi connectivity index (χ2n) is 11.2. The molecule has 9 nitrogen and oxygen atoms in total. The number of nitrogens with zero attached hydrogens (tertiary/aromatic N) is 3. The van der Waals surface area contributed by atoms with E-state index in [0.717, 1.165) is 29.7 Å². The third kappa shape index (κ3) is 6.83. The molecule has 1 amide bonds. The molecule has 2 aliphatic heterocycles. The van der Waals surface area contributed by atoms with Gasteiger partial charge in [0.1, 0.15) is 17.6 Å². The van der Waals surface area contributed by atoms with Crippen LogP contribution in [0.2, 0.25) is 5.02 Å². The molecule has 0 aliphatic carbocycles. The Morgan fingerprint density at radius 1 is 1.09 bits per heavy atom. The van der Waals surface area contributed by atoms with Crippen molar-refractivity contribution in [3.63, 3.8) is 0 Å². The highest BCUT2D eigenvalue weighted by atomic mass is 35.5. The van der Waals surface area contributed by atoms with Gasteiger partial charge in [0, 0.05) is 22.8 Å². The topological polar surface area (TPSA) is 111 Å². The number of hydrogen-bond acceptors (Lipinski definition) is 10. The van der Waals surface area contributed by atoms with E-state index in [4.69, 9.17) is 25.8 Å². The number of carbonyl (C=O) groups excluding carboxylic acids is 2. The van der Waals surface area contributed by atoms with Gasteiger partial charge < -0.3 is 19.3 Å². The Kier molecular flexibility index (Phi) is 10.0. The number of aliphatic hydroxyl groups excluding tert-OH is 1. The van der Waals surface area contributed by atoms with Crippen molar-refractivity contribution in [2.24, 2.45) is 0 Å². The third-order valence-corrected chi connectivity index (χ3v) is 10.3. The van der Waals surface area contributed by atoms with E-state index in [9.17, 15) is 14.7 Å². The molecule has 47 heavy (non-hydrogen) atoms. The molecule has 0 bridgehead atoms. The van der Waals surface area contributed by atoms with Crippen molar-refractivity contribution in [2.75, 3.05) is 18.1 Å². The standard InChI is InChI=1S/C35H34ClN3O6S2/c1-4-6-15-44-27-14-11-21(18-28(27)43-5-2)30-29(31(40)22-12-13-26-24(17-22)16-20(3)45-26)32(41)33(42)39(30)34-37-38-35(47-34)46-19-23-9-7-8-10-25(23)36/h7-14,17-18,20,30,40H,4-6,15-16,19H2,1-3H3/t20-,30-/m1/s1. The minimum atomic E-state index is -1.00. The van der Waals surface area contributed by atoms with Crippen molar-refractivity contribution >= 4 is 57.3 Å². The number of aliphatic hydroxyl groups is 1. The first-order chi connectivity index (χ1) is 22.8. The maximum Gasteiger partial charge on any atom is 0.301 e. The lowest BCUT2D eigenvalue weighted by Gasteiger charge is -2.23. The molecule has 1 aromatic heterocycles. The number of Topliss-reactive ketones (excluding diaryl/α,β-unsaturated/α-hetero) is 1. The van der Waals surface area contributed by atoms with Crippen molar-refractivity contribution in [1.29, 1.82) is 0 Å². The number of ether oxygens (including phenoxy) is 3. The Balaban J connectivity index is 1.42. The summed E-state index contributed by atoms with van der Waals surface area (Å²) < 4.78 is 18.4. The van der Waals surface area contributed by atoms with Crippen LogP contribution in [0, 0.1) is 0 Å². The van der Waals surface area contributed by atoms with Gasteiger partial charge in [-0.05, 0) is 73.4 Å². The average molecular weight is 692 g/mol. The summed E-state index contributed by atoms with van der Waals surface area (Å²) in [6, 6.07) is 17.1. The van der Waals surface area contributed by atoms with Gasteiger partial charge in [-0.1, -0.05) is 72.3 Å². The van der Waals surface area contributed by atoms with E-state index in [1.54, 1.807) is 30.3 Å². The second-order valence-corrected chi connectivity index (χ2v) is 13.8. The summed E-state index contributed by atoms with van der Waals surface area (Å²) in [6.45, 7) is 6.83. The zero-order valence-electron chi connectivity index (χ0n) is 26.2. The lowest BCUT2D eigenvalue weighted by atomic mass is 9.94. The van der Waals surface area contributed by atoms with E-state index in [0.29, 0.717) is 57.4 Å². The predicted octanol–water partition coefficient (Wildman–Crippen LogP) is 8.01. The number of carbonyl (C=O) groups is 2. The lowest BCUT2D eigenvalue weighted by molar-refractivity contribution is -0.132. The highest BCUT2D eigenvalue weighted by Crippen LogP contribution is 2.46. The summed E-state index contributed by atoms with van der Waals surface area (Å²) in [5.41, 5.74) is 2.78. The van der Waals surface area contributed by atoms with Crippen LogP contribution in [0.1, 0.15) is 61.9 Å². The first kappa shape index (κ1) is 32.9. The normalized spacial score (nSPS) is 18.3. The highest BCUT2D eigenvalue weighted by molar-refractivity contribution is 8.00. The van der Waals surface area contributed by atoms with Crippen LogP contribution in [-0.4, -0.2) is 46.3 Å². The quantitative estimate of drug-likeness (QED) is 0.0394. The number of hydrogen-bond donors (Lipinski definition) is 1. The first-order valence-corrected chi connectivity index (χ1v) is 17.7. The molecule has 0 saturated carbocycles. The molecule has 1 saturated heterocycles. The van der Waals surface area contributed by atoms with E-state index in [-0.39, 0.29) is 22.6 Å². The molecule has 3 aromatic carbocycles. The Hall–Kier alpha value is -4.06. The first-order valence-electron chi connectivity index (χ1n) is 15.5. The summed E-state index contributed by atoms with van der Waals surface area (Å²) in [7, 11) is 0. The van der Waals surface area contributed by atoms with Crippen molar-refractivity contribution < 1.29 is 28.9 Å². The summed E-state index contributed by atoms with van der Waals surface area (Å²) in [5.74, 6) is 0.411. The largest absolute Gasteiger partial charge is 0.507 e. The van der Waals surface area contributed by atoms with Gasteiger partial charge in [0.05, 0.1) is 24.8 Å². The fourth-order valence-corrected chi connectivity index (χ4v) is 7.75. The number of thioether (sulfide) groups is 1. The highest BCUT2D eigenvalue weighted by Gasteiger charge is 2.48. The van der Waals surface area contributed by atoms with Crippen LogP contribution < -0.4 is 19.1 Å². The number of ketones is 1. The Bertz CT molecular complexity index is 1840. The van der Waals surface area contributed by atoms with Crippen LogP contribution in [0.5, 0.6) is 17.2 Å². The molecule has 2 atom stereocenters. The van der Waals surface area contributed by atoms with Gasteiger partial charge in [0.2, 0.25) is 5.13 Å².